The third-order valence-electron chi connectivity index (χ3n) is 2.06. The summed E-state index contributed by atoms with van der Waals surface area (Å²) < 4.78 is 0. The predicted octanol–water partition coefficient (Wildman–Crippen LogP) is -2.62. The molecule has 1 aromatic rings. The fourth-order valence-corrected chi connectivity index (χ4v) is 1.12. The summed E-state index contributed by atoms with van der Waals surface area (Å²) in [5.74, 6) is -1.14. The van der Waals surface area contributed by atoms with E-state index in [1.807, 2.05) is 0 Å². The first-order valence-electron chi connectivity index (χ1n) is 4.06. The van der Waals surface area contributed by atoms with Crippen LogP contribution in [0.2, 0.25) is 0 Å². The average Bonchev–Trinajstić information content (AvgIpc) is 2.19. The van der Waals surface area contributed by atoms with Crippen molar-refractivity contribution in [1.82, 2.24) is 0 Å². The first-order chi connectivity index (χ1) is 6.61. The number of rotatable bonds is 3. The molecule has 0 saturated heterocycles. The molecule has 1 atom stereocenters. The molecule has 5 heteroatoms. The van der Waals surface area contributed by atoms with Gasteiger partial charge in [-0.15, -0.1) is 0 Å². The van der Waals surface area contributed by atoms with Gasteiger partial charge in [-0.25, -0.2) is 4.79 Å². The number of aliphatic carboxylic acids is 1. The van der Waals surface area contributed by atoms with Crippen LogP contribution in [-0.4, -0.2) is 17.5 Å². The number of carboxylic acid groups (broad SMARTS) is 1. The summed E-state index contributed by atoms with van der Waals surface area (Å²) in [5, 5.41) is 19.2. The fraction of sp³-hybridized carbons (Fsp3) is 0.200. The molecule has 0 aliphatic rings. The van der Waals surface area contributed by atoms with Crippen LogP contribution in [0.15, 0.2) is 35.3 Å². The van der Waals surface area contributed by atoms with Gasteiger partial charge in [0.25, 0.3) is 0 Å². The maximum Gasteiger partial charge on any atom is 1.00 e. The molecule has 0 spiro atoms. The Morgan fingerprint density at radius 1 is 1.47 bits per heavy atom. The van der Waals surface area contributed by atoms with E-state index in [2.05, 4.69) is 4.99 Å². The molecule has 1 aromatic carbocycles. The minimum absolute atomic E-state index is 0. The van der Waals surface area contributed by atoms with E-state index in [4.69, 9.17) is 5.11 Å². The molecule has 0 radical (unpaired) electrons. The summed E-state index contributed by atoms with van der Waals surface area (Å²) in [4.78, 5) is 14.4. The Hall–Kier alpha value is -0.840. The molecule has 0 aromatic heterocycles. The van der Waals surface area contributed by atoms with Crippen LogP contribution in [-0.2, 0) is 10.3 Å². The smallest absolute Gasteiger partial charge is 0.864 e. The van der Waals surface area contributed by atoms with Gasteiger partial charge in [-0.1, -0.05) is 36.7 Å². The topological polar surface area (TPSA) is 72.7 Å². The second-order valence-corrected chi connectivity index (χ2v) is 2.98. The molecule has 0 aliphatic heterocycles. The maximum atomic E-state index is 11.0. The van der Waals surface area contributed by atoms with Crippen molar-refractivity contribution in [2.24, 2.45) is 4.99 Å². The van der Waals surface area contributed by atoms with Gasteiger partial charge in [0.1, 0.15) is 0 Å². The van der Waals surface area contributed by atoms with Gasteiger partial charge in [-0.05, 0) is 12.5 Å². The number of carboxylic acids is 1. The Balaban J connectivity index is 0.00000196. The van der Waals surface area contributed by atoms with Crippen LogP contribution in [0.5, 0.6) is 0 Å². The minimum atomic E-state index is -1.48. The van der Waals surface area contributed by atoms with Crippen molar-refractivity contribution in [2.45, 2.75) is 12.5 Å². The van der Waals surface area contributed by atoms with Gasteiger partial charge in [0.05, 0.1) is 0 Å². The maximum absolute atomic E-state index is 11.0. The third-order valence-corrected chi connectivity index (χ3v) is 2.06. The Bertz CT molecular complexity index is 353. The van der Waals surface area contributed by atoms with Gasteiger partial charge in [-0.3, -0.25) is 4.99 Å². The Labute approximate surface area is 110 Å². The molecule has 4 nitrogen and oxygen atoms in total. The van der Waals surface area contributed by atoms with Crippen LogP contribution in [0.1, 0.15) is 12.5 Å². The monoisotopic (exact) mass is 215 g/mol. The summed E-state index contributed by atoms with van der Waals surface area (Å²) in [5.41, 5.74) is -0.997. The van der Waals surface area contributed by atoms with Crippen LogP contribution in [0.3, 0.4) is 0 Å². The van der Waals surface area contributed by atoms with Crippen LogP contribution >= 0.6 is 0 Å². The number of benzene rings is 1. The zero-order chi connectivity index (χ0) is 10.6. The van der Waals surface area contributed by atoms with E-state index >= 15 is 0 Å². The molecule has 0 saturated carbocycles. The van der Waals surface area contributed by atoms with E-state index in [-0.39, 0.29) is 36.0 Å². The van der Waals surface area contributed by atoms with Gasteiger partial charge in [-0.2, -0.15) is 0 Å². The summed E-state index contributed by atoms with van der Waals surface area (Å²) >= 11 is 0. The Morgan fingerprint density at radius 3 is 2.40 bits per heavy atom. The van der Waals surface area contributed by atoms with Crippen LogP contribution in [0.25, 0.3) is 0 Å². The van der Waals surface area contributed by atoms with Crippen molar-refractivity contribution in [3.8, 4) is 0 Å². The molecule has 0 bridgehead atoms. The Kier molecular flexibility index (Phi) is 5.57. The van der Waals surface area contributed by atoms with E-state index < -0.39 is 11.5 Å². The number of carbonyl (C=O) groups is 1. The van der Waals surface area contributed by atoms with E-state index in [0.29, 0.717) is 5.56 Å². The number of hydrogen-bond donors (Lipinski definition) is 1. The van der Waals surface area contributed by atoms with Crippen molar-refractivity contribution < 1.29 is 44.6 Å². The van der Waals surface area contributed by atoms with E-state index in [0.717, 1.165) is 0 Å². The Morgan fingerprint density at radius 2 is 2.00 bits per heavy atom. The number of hydrogen-bond acceptors (Lipinski definition) is 3. The SMILES string of the molecule is C[C@](N=C[O-])(C(=O)O)c1ccccc1.[Na+]. The molecule has 0 fully saturated rings. The quantitative estimate of drug-likeness (QED) is 0.341. The second kappa shape index (κ2) is 5.90. The molecule has 0 unspecified atom stereocenters. The minimum Gasteiger partial charge on any atom is -0.864 e. The van der Waals surface area contributed by atoms with Crippen molar-refractivity contribution >= 4 is 12.4 Å². The zero-order valence-electron chi connectivity index (χ0n) is 8.68. The van der Waals surface area contributed by atoms with Crippen molar-refractivity contribution in [1.29, 1.82) is 0 Å². The van der Waals surface area contributed by atoms with E-state index in [9.17, 15) is 9.90 Å². The van der Waals surface area contributed by atoms with Gasteiger partial charge in [0, 0.05) is 0 Å². The molecule has 0 amide bonds. The van der Waals surface area contributed by atoms with Crippen LogP contribution in [0, 0.1) is 0 Å². The fourth-order valence-electron chi connectivity index (χ4n) is 1.12. The number of nitrogens with zero attached hydrogens (tertiary/aromatic N) is 1. The average molecular weight is 215 g/mol. The summed E-state index contributed by atoms with van der Waals surface area (Å²) in [6.07, 6.45) is 0.265. The molecular formula is C10H10NNaO3. The predicted molar refractivity (Wildman–Crippen MR) is 49.9 cm³/mol. The first-order valence-corrected chi connectivity index (χ1v) is 4.06. The largest absolute Gasteiger partial charge is 1.00 e. The van der Waals surface area contributed by atoms with Gasteiger partial charge >= 0.3 is 35.5 Å². The molecule has 1 rings (SSSR count). The van der Waals surface area contributed by atoms with Crippen LogP contribution in [0.4, 0.5) is 0 Å². The molecular weight excluding hydrogens is 205 g/mol. The molecule has 15 heavy (non-hydrogen) atoms. The summed E-state index contributed by atoms with van der Waals surface area (Å²) in [7, 11) is 0. The van der Waals surface area contributed by atoms with Crippen LogP contribution < -0.4 is 34.7 Å². The van der Waals surface area contributed by atoms with Gasteiger partial charge in [0.15, 0.2) is 5.54 Å². The first kappa shape index (κ1) is 14.2. The second-order valence-electron chi connectivity index (χ2n) is 2.98. The van der Waals surface area contributed by atoms with Gasteiger partial charge < -0.3 is 10.2 Å². The normalized spacial score (nSPS) is 14.2. The molecule has 0 heterocycles. The molecule has 74 valence electrons. The van der Waals surface area contributed by atoms with Gasteiger partial charge in [0.2, 0.25) is 0 Å². The van der Waals surface area contributed by atoms with Crippen molar-refractivity contribution in [2.75, 3.05) is 0 Å². The molecule has 1 N–H and O–H groups in total. The number of aliphatic imine (C=N–C) groups is 1. The molecule has 0 aliphatic carbocycles. The van der Waals surface area contributed by atoms with Crippen molar-refractivity contribution in [3.63, 3.8) is 0 Å². The van der Waals surface area contributed by atoms with E-state index in [1.165, 1.54) is 6.92 Å². The standard InChI is InChI=1S/C10H11NO3.Na/c1-10(9(13)14,11-7-12)8-5-3-2-4-6-8;/h2-7H,1H3,(H,11,12)(H,13,14);/q;+1/p-1/t10-;/m1./s1. The summed E-state index contributed by atoms with van der Waals surface area (Å²) in [6.45, 7) is 1.39. The van der Waals surface area contributed by atoms with E-state index in [1.54, 1.807) is 30.3 Å². The third kappa shape index (κ3) is 3.06. The zero-order valence-corrected chi connectivity index (χ0v) is 10.7. The summed E-state index contributed by atoms with van der Waals surface area (Å²) in [6, 6.07) is 8.43. The van der Waals surface area contributed by atoms with Crippen molar-refractivity contribution in [3.05, 3.63) is 35.9 Å².